The average Bonchev–Trinajstić information content (AvgIpc) is 3.58. The summed E-state index contributed by atoms with van der Waals surface area (Å²) in [5.41, 5.74) is -3.83. The number of rotatable bonds is 18. The number of benzene rings is 4. The number of hydrogen-bond donors (Lipinski definition) is 2. The molecule has 1 saturated heterocycles. The number of fused-ring (bicyclic) bond motifs is 2. The lowest BCUT2D eigenvalue weighted by molar-refractivity contribution is -0.149. The van der Waals surface area contributed by atoms with Gasteiger partial charge in [-0.25, -0.2) is 18.9 Å². The molecule has 5 atom stereocenters. The molecule has 0 bridgehead atoms. The molecule has 2 N–H and O–H groups in total. The van der Waals surface area contributed by atoms with E-state index < -0.39 is 69.2 Å². The molecule has 314 valence electrons. The molecule has 0 saturated carbocycles. The average molecular weight is 851 g/mol. The molecule has 18 heteroatoms. The van der Waals surface area contributed by atoms with Gasteiger partial charge in [-0.05, 0) is 70.5 Å². The molecule has 2 heterocycles. The molecular weight excluding hydrogens is 802 g/mol. The van der Waals surface area contributed by atoms with Crippen LogP contribution in [-0.2, 0) is 42.0 Å². The molecule has 5 aromatic rings. The molecule has 1 aromatic heterocycles. The van der Waals surface area contributed by atoms with Gasteiger partial charge in [0.25, 0.3) is 0 Å². The van der Waals surface area contributed by atoms with Gasteiger partial charge in [-0.1, -0.05) is 72.8 Å². The Bertz CT molecular complexity index is 2450. The highest BCUT2D eigenvalue weighted by Gasteiger charge is 2.48. The molecule has 1 fully saturated rings. The third-order valence-electron chi connectivity index (χ3n) is 9.25. The number of carbonyl (C=O) groups is 2. The lowest BCUT2D eigenvalue weighted by atomic mass is 10.1. The number of nitrogens with one attached hydrogen (secondary N) is 2. The second-order valence-electron chi connectivity index (χ2n) is 14.7. The minimum absolute atomic E-state index is 0.0542. The monoisotopic (exact) mass is 850 g/mol. The van der Waals surface area contributed by atoms with Gasteiger partial charge in [-0.2, -0.15) is 10.2 Å². The number of aromatic nitrogens is 2. The van der Waals surface area contributed by atoms with Crippen molar-refractivity contribution in [2.24, 2.45) is 0 Å². The lowest BCUT2D eigenvalue weighted by Gasteiger charge is -2.32. The van der Waals surface area contributed by atoms with Crippen LogP contribution in [-0.4, -0.2) is 64.6 Å². The minimum atomic E-state index is -4.63. The van der Waals surface area contributed by atoms with Crippen molar-refractivity contribution in [2.75, 3.05) is 19.8 Å². The van der Waals surface area contributed by atoms with E-state index in [9.17, 15) is 18.9 Å². The van der Waals surface area contributed by atoms with Gasteiger partial charge >= 0.3 is 33.1 Å². The fourth-order valence-electron chi connectivity index (χ4n) is 6.43. The van der Waals surface area contributed by atoms with Crippen molar-refractivity contribution in [3.8, 4) is 11.5 Å². The Morgan fingerprint density at radius 3 is 1.81 bits per heavy atom. The van der Waals surface area contributed by atoms with Crippen LogP contribution in [0.5, 0.6) is 11.5 Å². The Morgan fingerprint density at radius 2 is 1.27 bits per heavy atom. The lowest BCUT2D eigenvalue weighted by Crippen LogP contribution is -2.48. The van der Waals surface area contributed by atoms with E-state index >= 15 is 4.57 Å². The van der Waals surface area contributed by atoms with E-state index in [-0.39, 0.29) is 31.1 Å². The smallest absolute Gasteiger partial charge is 0.460 e. The van der Waals surface area contributed by atoms with Crippen molar-refractivity contribution >= 4 is 49.0 Å². The Hall–Kier alpha value is -4.92. The minimum Gasteiger partial charge on any atom is -0.465 e. The summed E-state index contributed by atoms with van der Waals surface area (Å²) in [4.78, 5) is 43.0. The van der Waals surface area contributed by atoms with E-state index in [4.69, 9.17) is 32.3 Å². The first-order valence-corrected chi connectivity index (χ1v) is 22.1. The molecule has 6 rings (SSSR count). The SMILES string of the molecule is CCOC(=O)C(C)(C)NP(=O)(OC[C@H]1O[C@@H](n2cccnc2=O)C[C@@H]1OP(=O)(NC(C)(C)C(=O)OCC)Oc1cccc2ccccc12)Oc1cccc2ccccc12. The van der Waals surface area contributed by atoms with E-state index in [2.05, 4.69) is 15.2 Å². The summed E-state index contributed by atoms with van der Waals surface area (Å²) in [6, 6.07) is 26.5. The van der Waals surface area contributed by atoms with E-state index in [1.54, 1.807) is 62.4 Å². The Labute approximate surface area is 341 Å². The number of nitrogens with zero attached hydrogens (tertiary/aromatic N) is 2. The fourth-order valence-corrected chi connectivity index (χ4v) is 10.0. The zero-order valence-electron chi connectivity index (χ0n) is 33.6. The van der Waals surface area contributed by atoms with Crippen molar-refractivity contribution in [1.29, 1.82) is 0 Å². The highest BCUT2D eigenvalue weighted by atomic mass is 31.2. The van der Waals surface area contributed by atoms with Gasteiger partial charge in [0.05, 0.1) is 19.8 Å². The molecule has 59 heavy (non-hydrogen) atoms. The summed E-state index contributed by atoms with van der Waals surface area (Å²) >= 11 is 0. The molecule has 16 nitrogen and oxygen atoms in total. The molecule has 1 aliphatic heterocycles. The molecule has 0 spiro atoms. The molecule has 1 aliphatic rings. The molecule has 2 unspecified atom stereocenters. The highest BCUT2D eigenvalue weighted by molar-refractivity contribution is 7.52. The summed E-state index contributed by atoms with van der Waals surface area (Å²) in [6.07, 6.45) is -0.801. The first-order chi connectivity index (χ1) is 28.1. The van der Waals surface area contributed by atoms with Gasteiger partial charge in [0.1, 0.15) is 41.0 Å². The normalized spacial score (nSPS) is 19.1. The van der Waals surface area contributed by atoms with Gasteiger partial charge < -0.3 is 23.3 Å². The van der Waals surface area contributed by atoms with Crippen molar-refractivity contribution in [3.05, 3.63) is 114 Å². The van der Waals surface area contributed by atoms with Gasteiger partial charge in [0.2, 0.25) is 0 Å². The molecular formula is C41H48N4O12P2. The summed E-state index contributed by atoms with van der Waals surface area (Å²) < 4.78 is 73.0. The highest BCUT2D eigenvalue weighted by Crippen LogP contribution is 2.53. The van der Waals surface area contributed by atoms with Crippen LogP contribution in [0.4, 0.5) is 0 Å². The number of hydrogen-bond acceptors (Lipinski definition) is 13. The maximum absolute atomic E-state index is 15.2. The largest absolute Gasteiger partial charge is 0.465 e. The van der Waals surface area contributed by atoms with Crippen molar-refractivity contribution in [3.63, 3.8) is 0 Å². The van der Waals surface area contributed by atoms with Gasteiger partial charge in [-0.15, -0.1) is 0 Å². The first-order valence-electron chi connectivity index (χ1n) is 19.0. The van der Waals surface area contributed by atoms with Crippen LogP contribution in [0.3, 0.4) is 0 Å². The van der Waals surface area contributed by atoms with E-state index in [0.717, 1.165) is 10.8 Å². The van der Waals surface area contributed by atoms with E-state index in [1.807, 2.05) is 36.4 Å². The van der Waals surface area contributed by atoms with Crippen LogP contribution in [0.2, 0.25) is 0 Å². The molecule has 0 aliphatic carbocycles. The van der Waals surface area contributed by atoms with Gasteiger partial charge in [0, 0.05) is 29.6 Å². The standard InChI is InChI=1S/C41H48N4O12P2/c1-7-51-37(46)40(3,4)43-58(49,55-32-22-13-18-28-16-9-11-20-30(28)32)53-27-35-34(26-36(54-35)45-25-15-24-42-39(45)48)57-59(50,44-41(5,6)38(47)52-8-2)56-33-23-14-19-29-17-10-12-21-31(29)33/h9-25,34-36H,7-8,26-27H2,1-6H3,(H,43,49)(H,44,50)/t34-,35+,36+,58?,59?/m0/s1. The molecule has 0 radical (unpaired) electrons. The summed E-state index contributed by atoms with van der Waals surface area (Å²) in [5.74, 6) is -1.07. The van der Waals surface area contributed by atoms with Gasteiger partial charge in [-0.3, -0.25) is 23.2 Å². The predicted molar refractivity (Wildman–Crippen MR) is 220 cm³/mol. The zero-order valence-corrected chi connectivity index (χ0v) is 35.4. The third kappa shape index (κ3) is 10.5. The molecule has 4 aromatic carbocycles. The topological polar surface area (TPSA) is 192 Å². The number of esters is 2. The van der Waals surface area contributed by atoms with Crippen molar-refractivity contribution in [2.45, 2.75) is 77.5 Å². The third-order valence-corrected chi connectivity index (χ3v) is 12.8. The maximum atomic E-state index is 15.2. The Morgan fingerprint density at radius 1 is 0.763 bits per heavy atom. The first kappa shape index (κ1) is 43.7. The summed E-state index contributed by atoms with van der Waals surface area (Å²) in [7, 11) is -9.19. The predicted octanol–water partition coefficient (Wildman–Crippen LogP) is 7.48. The summed E-state index contributed by atoms with van der Waals surface area (Å²) in [6.45, 7) is 8.71. The Balaban J connectivity index is 1.38. The second-order valence-corrected chi connectivity index (χ2v) is 17.9. The van der Waals surface area contributed by atoms with Crippen LogP contribution >= 0.6 is 15.5 Å². The van der Waals surface area contributed by atoms with Gasteiger partial charge in [0.15, 0.2) is 0 Å². The number of carbonyl (C=O) groups excluding carboxylic acids is 2. The maximum Gasteiger partial charge on any atom is 0.460 e. The van der Waals surface area contributed by atoms with Crippen molar-refractivity contribution in [1.82, 2.24) is 19.7 Å². The molecule has 0 amide bonds. The van der Waals surface area contributed by atoms with Crippen LogP contribution in [0.25, 0.3) is 21.5 Å². The fraction of sp³-hybridized carbons (Fsp3) is 0.366. The second kappa shape index (κ2) is 18.1. The quantitative estimate of drug-likeness (QED) is 0.0651. The number of ether oxygens (including phenoxy) is 3. The van der Waals surface area contributed by atoms with Crippen LogP contribution in [0.15, 0.2) is 108 Å². The van der Waals surface area contributed by atoms with E-state index in [1.165, 1.54) is 50.7 Å². The zero-order chi connectivity index (χ0) is 42.4. The van der Waals surface area contributed by atoms with E-state index in [0.29, 0.717) is 10.8 Å². The Kier molecular flexibility index (Phi) is 13.4. The summed E-state index contributed by atoms with van der Waals surface area (Å²) in [5, 5.41) is 8.32. The van der Waals surface area contributed by atoms with Crippen LogP contribution in [0, 0.1) is 0 Å². The van der Waals surface area contributed by atoms with Crippen LogP contribution < -0.4 is 24.9 Å². The van der Waals surface area contributed by atoms with Crippen LogP contribution in [0.1, 0.15) is 54.2 Å². The van der Waals surface area contributed by atoms with Crippen molar-refractivity contribution < 1.29 is 51.0 Å².